The highest BCUT2D eigenvalue weighted by Gasteiger charge is 2.05. The molecule has 0 bridgehead atoms. The molecule has 0 spiro atoms. The van der Waals surface area contributed by atoms with Gasteiger partial charge in [-0.1, -0.05) is 41.0 Å². The molecule has 1 aromatic carbocycles. The van der Waals surface area contributed by atoms with Crippen LogP contribution in [-0.2, 0) is 0 Å². The number of halogens is 3. The molecule has 1 heterocycles. The van der Waals surface area contributed by atoms with Gasteiger partial charge in [-0.15, -0.1) is 0 Å². The molecule has 0 N–H and O–H groups in total. The molecule has 0 aliphatic rings. The first kappa shape index (κ1) is 12.2. The normalized spacial score (nSPS) is 10.4. The summed E-state index contributed by atoms with van der Waals surface area (Å²) in [5, 5.41) is 2.10. The molecule has 82 valence electrons. The second kappa shape index (κ2) is 5.41. The molecule has 0 aliphatic carbocycles. The van der Waals surface area contributed by atoms with Gasteiger partial charge in [0.05, 0.1) is 5.02 Å². The van der Waals surface area contributed by atoms with Crippen LogP contribution in [-0.4, -0.2) is 4.98 Å². The number of aromatic nitrogens is 1. The van der Waals surface area contributed by atoms with E-state index in [1.54, 1.807) is 6.20 Å². The largest absolute Gasteiger partial charge is 0.247 e. The van der Waals surface area contributed by atoms with Crippen molar-refractivity contribution < 1.29 is 0 Å². The highest BCUT2D eigenvalue weighted by molar-refractivity contribution is 9.10. The van der Waals surface area contributed by atoms with Crippen molar-refractivity contribution in [3.8, 4) is 0 Å². The summed E-state index contributed by atoms with van der Waals surface area (Å²) in [6, 6.07) is 9.41. The molecular formula is C11H6BrCl2NS. The predicted octanol–water partition coefficient (Wildman–Crippen LogP) is 5.30. The van der Waals surface area contributed by atoms with Crippen molar-refractivity contribution >= 4 is 50.9 Å². The predicted molar refractivity (Wildman–Crippen MR) is 72.5 cm³/mol. The maximum absolute atomic E-state index is 6.07. The number of nitrogens with zero attached hydrogens (tertiary/aromatic N) is 1. The Morgan fingerprint density at radius 3 is 2.69 bits per heavy atom. The fraction of sp³-hybridized carbons (Fsp3) is 0. The van der Waals surface area contributed by atoms with Crippen LogP contribution in [0.1, 0.15) is 0 Å². The van der Waals surface area contributed by atoms with Crippen molar-refractivity contribution in [2.75, 3.05) is 0 Å². The van der Waals surface area contributed by atoms with Gasteiger partial charge in [0.2, 0.25) is 0 Å². The molecule has 0 saturated carbocycles. The van der Waals surface area contributed by atoms with E-state index in [1.165, 1.54) is 11.8 Å². The summed E-state index contributed by atoms with van der Waals surface area (Å²) in [6.45, 7) is 0. The molecule has 0 radical (unpaired) electrons. The first-order valence-electron chi connectivity index (χ1n) is 4.39. The molecule has 0 aliphatic heterocycles. The van der Waals surface area contributed by atoms with Crippen LogP contribution in [0.5, 0.6) is 0 Å². The van der Waals surface area contributed by atoms with E-state index in [1.807, 2.05) is 30.3 Å². The van der Waals surface area contributed by atoms with Crippen LogP contribution in [0.3, 0.4) is 0 Å². The smallest absolute Gasteiger partial charge is 0.119 e. The first-order valence-corrected chi connectivity index (χ1v) is 6.76. The Morgan fingerprint density at radius 2 is 2.00 bits per heavy atom. The molecule has 0 unspecified atom stereocenters. The Bertz CT molecular complexity index is 519. The minimum absolute atomic E-state index is 0.624. The highest BCUT2D eigenvalue weighted by atomic mass is 79.9. The summed E-state index contributed by atoms with van der Waals surface area (Å²) >= 11 is 16.8. The average molecular weight is 335 g/mol. The monoisotopic (exact) mass is 333 g/mol. The number of hydrogen-bond donors (Lipinski definition) is 0. The van der Waals surface area contributed by atoms with Gasteiger partial charge in [0.1, 0.15) is 5.03 Å². The molecule has 16 heavy (non-hydrogen) atoms. The van der Waals surface area contributed by atoms with Gasteiger partial charge in [-0.25, -0.2) is 4.98 Å². The molecule has 2 aromatic rings. The first-order chi connectivity index (χ1) is 7.65. The van der Waals surface area contributed by atoms with E-state index in [2.05, 4.69) is 20.9 Å². The molecule has 0 saturated heterocycles. The number of benzene rings is 1. The summed E-state index contributed by atoms with van der Waals surface area (Å²) < 4.78 is 0.868. The van der Waals surface area contributed by atoms with Crippen molar-refractivity contribution in [3.63, 3.8) is 0 Å². The maximum Gasteiger partial charge on any atom is 0.119 e. The Hall–Kier alpha value is -0.220. The molecule has 2 rings (SSSR count). The third-order valence-corrected chi connectivity index (χ3v) is 3.86. The Balaban J connectivity index is 2.27. The van der Waals surface area contributed by atoms with Gasteiger partial charge in [0.15, 0.2) is 0 Å². The van der Waals surface area contributed by atoms with Gasteiger partial charge < -0.3 is 0 Å². The highest BCUT2D eigenvalue weighted by Crippen LogP contribution is 2.33. The van der Waals surface area contributed by atoms with Gasteiger partial charge in [0.25, 0.3) is 0 Å². The minimum atomic E-state index is 0.624. The van der Waals surface area contributed by atoms with Crippen LogP contribution in [0.4, 0.5) is 0 Å². The van der Waals surface area contributed by atoms with Crippen LogP contribution < -0.4 is 0 Å². The van der Waals surface area contributed by atoms with Gasteiger partial charge in [-0.05, 0) is 40.2 Å². The number of pyridine rings is 1. The van der Waals surface area contributed by atoms with Crippen molar-refractivity contribution in [1.29, 1.82) is 0 Å². The lowest BCUT2D eigenvalue weighted by molar-refractivity contribution is 1.12. The lowest BCUT2D eigenvalue weighted by Crippen LogP contribution is -1.81. The van der Waals surface area contributed by atoms with Crippen LogP contribution in [0, 0.1) is 0 Å². The zero-order valence-corrected chi connectivity index (χ0v) is 11.9. The van der Waals surface area contributed by atoms with Gasteiger partial charge >= 0.3 is 0 Å². The lowest BCUT2D eigenvalue weighted by Gasteiger charge is -2.03. The van der Waals surface area contributed by atoms with Crippen molar-refractivity contribution in [2.45, 2.75) is 9.92 Å². The van der Waals surface area contributed by atoms with E-state index in [-0.39, 0.29) is 0 Å². The van der Waals surface area contributed by atoms with Gasteiger partial charge in [0, 0.05) is 20.6 Å². The standard InChI is InChI=1S/C11H6BrCl2NS/c12-7-4-10(14)11(15-6-7)16-9-3-1-2-8(13)5-9/h1-6H. The zero-order valence-electron chi connectivity index (χ0n) is 7.95. The third-order valence-electron chi connectivity index (χ3n) is 1.78. The van der Waals surface area contributed by atoms with Crippen molar-refractivity contribution in [3.05, 3.63) is 51.0 Å². The van der Waals surface area contributed by atoms with Crippen LogP contribution in [0.2, 0.25) is 10.0 Å². The molecule has 0 atom stereocenters. The Morgan fingerprint density at radius 1 is 1.19 bits per heavy atom. The van der Waals surface area contributed by atoms with E-state index >= 15 is 0 Å². The van der Waals surface area contributed by atoms with E-state index in [4.69, 9.17) is 23.2 Å². The van der Waals surface area contributed by atoms with Crippen molar-refractivity contribution in [2.24, 2.45) is 0 Å². The van der Waals surface area contributed by atoms with Crippen LogP contribution >= 0.6 is 50.9 Å². The molecule has 5 heteroatoms. The van der Waals surface area contributed by atoms with Crippen LogP contribution in [0.15, 0.2) is 50.9 Å². The summed E-state index contributed by atoms with van der Waals surface area (Å²) in [6.07, 6.45) is 1.72. The van der Waals surface area contributed by atoms with Gasteiger partial charge in [-0.2, -0.15) is 0 Å². The summed E-state index contributed by atoms with van der Waals surface area (Å²) in [5.41, 5.74) is 0. The fourth-order valence-electron chi connectivity index (χ4n) is 1.12. The maximum atomic E-state index is 6.07. The SMILES string of the molecule is Clc1cccc(Sc2ncc(Br)cc2Cl)c1. The lowest BCUT2D eigenvalue weighted by atomic mass is 10.4. The van der Waals surface area contributed by atoms with E-state index in [9.17, 15) is 0 Å². The average Bonchev–Trinajstić information content (AvgIpc) is 2.22. The van der Waals surface area contributed by atoms with Crippen LogP contribution in [0.25, 0.3) is 0 Å². The summed E-state index contributed by atoms with van der Waals surface area (Å²) in [5.74, 6) is 0. The number of rotatable bonds is 2. The Kier molecular flexibility index (Phi) is 4.14. The molecular weight excluding hydrogens is 329 g/mol. The second-order valence-corrected chi connectivity index (χ2v) is 5.82. The van der Waals surface area contributed by atoms with E-state index in [0.29, 0.717) is 10.0 Å². The summed E-state index contributed by atoms with van der Waals surface area (Å²) in [7, 11) is 0. The van der Waals surface area contributed by atoms with E-state index < -0.39 is 0 Å². The molecule has 0 fully saturated rings. The Labute approximate surface area is 116 Å². The number of hydrogen-bond acceptors (Lipinski definition) is 2. The zero-order chi connectivity index (χ0) is 11.5. The molecule has 0 amide bonds. The minimum Gasteiger partial charge on any atom is -0.247 e. The topological polar surface area (TPSA) is 12.9 Å². The summed E-state index contributed by atoms with van der Waals surface area (Å²) in [4.78, 5) is 5.26. The third kappa shape index (κ3) is 3.14. The molecule has 1 aromatic heterocycles. The fourth-order valence-corrected chi connectivity index (χ4v) is 2.94. The molecule has 1 nitrogen and oxygen atoms in total. The van der Waals surface area contributed by atoms with E-state index in [0.717, 1.165) is 14.4 Å². The quantitative estimate of drug-likeness (QED) is 0.738. The van der Waals surface area contributed by atoms with Gasteiger partial charge in [-0.3, -0.25) is 0 Å². The second-order valence-electron chi connectivity index (χ2n) is 3.00. The van der Waals surface area contributed by atoms with Crippen molar-refractivity contribution in [1.82, 2.24) is 4.98 Å².